The number of carbonyl (C=O) groups is 3. The van der Waals surface area contributed by atoms with Crippen LogP contribution in [-0.4, -0.2) is 37.2 Å². The predicted molar refractivity (Wildman–Crippen MR) is 270 cm³/mol. The molecule has 0 aliphatic rings. The minimum Gasteiger partial charge on any atom is -0.462 e. The van der Waals surface area contributed by atoms with E-state index in [9.17, 15) is 14.4 Å². The van der Waals surface area contributed by atoms with E-state index >= 15 is 0 Å². The summed E-state index contributed by atoms with van der Waals surface area (Å²) < 4.78 is 16.8. The molecule has 0 spiro atoms. The van der Waals surface area contributed by atoms with Crippen LogP contribution in [0.4, 0.5) is 0 Å². The standard InChI is InChI=1S/C57H98O6/c1-4-7-10-13-16-19-22-25-27-28-30-33-36-39-42-45-48-51-57(60)63-54(52-61-55(58)49-46-43-40-37-34-31-24-21-18-15-12-9-6-3)53-62-56(59)50-47-44-41-38-35-32-29-26-23-20-17-14-11-8-5-2/h7,10,16,19-20,23,25,27,30,33,39,42,54H,4-6,8-9,11-15,17-18,21-22,24,26,28-29,31-32,34-38,40-41,43-53H2,1-3H3/b10-7-,19-16-,23-20-,27-25-,33-30-,42-39-/t54-/m0/s1. The second kappa shape index (κ2) is 51.5. The monoisotopic (exact) mass is 879 g/mol. The first-order valence-electron chi connectivity index (χ1n) is 26.4. The van der Waals surface area contributed by atoms with Crippen molar-refractivity contribution in [2.45, 2.75) is 258 Å². The Morgan fingerprint density at radius 1 is 0.333 bits per heavy atom. The van der Waals surface area contributed by atoms with Gasteiger partial charge in [0.25, 0.3) is 0 Å². The van der Waals surface area contributed by atoms with Crippen molar-refractivity contribution in [2.24, 2.45) is 0 Å². The van der Waals surface area contributed by atoms with E-state index in [0.717, 1.165) is 77.0 Å². The average molecular weight is 879 g/mol. The zero-order valence-electron chi connectivity index (χ0n) is 41.3. The zero-order valence-corrected chi connectivity index (χ0v) is 41.3. The van der Waals surface area contributed by atoms with E-state index in [4.69, 9.17) is 14.2 Å². The summed E-state index contributed by atoms with van der Waals surface area (Å²) in [6.07, 6.45) is 64.6. The van der Waals surface area contributed by atoms with Crippen molar-refractivity contribution in [2.75, 3.05) is 13.2 Å². The van der Waals surface area contributed by atoms with Gasteiger partial charge >= 0.3 is 17.9 Å². The summed E-state index contributed by atoms with van der Waals surface area (Å²) in [4.78, 5) is 38.0. The minimum absolute atomic E-state index is 0.0974. The summed E-state index contributed by atoms with van der Waals surface area (Å²) in [6.45, 7) is 6.47. The van der Waals surface area contributed by atoms with E-state index in [-0.39, 0.29) is 37.5 Å². The molecule has 362 valence electrons. The minimum atomic E-state index is -0.804. The van der Waals surface area contributed by atoms with Gasteiger partial charge in [-0.25, -0.2) is 0 Å². The molecule has 0 heterocycles. The maximum Gasteiger partial charge on any atom is 0.306 e. The molecule has 0 N–H and O–H groups in total. The summed E-state index contributed by atoms with van der Waals surface area (Å²) in [5, 5.41) is 0. The number of unbranched alkanes of at least 4 members (excludes halogenated alkanes) is 24. The molecule has 0 amide bonds. The number of allylic oxidation sites excluding steroid dienone is 12. The Kier molecular flexibility index (Phi) is 48.9. The van der Waals surface area contributed by atoms with Crippen LogP contribution in [0.1, 0.15) is 252 Å². The molecular weight excluding hydrogens is 781 g/mol. The van der Waals surface area contributed by atoms with E-state index in [1.165, 1.54) is 128 Å². The molecule has 0 bridgehead atoms. The Bertz CT molecular complexity index is 1190. The van der Waals surface area contributed by atoms with Gasteiger partial charge in [-0.1, -0.05) is 222 Å². The Hall–Kier alpha value is -3.15. The summed E-state index contributed by atoms with van der Waals surface area (Å²) >= 11 is 0. The van der Waals surface area contributed by atoms with Crippen LogP contribution in [0.5, 0.6) is 0 Å². The van der Waals surface area contributed by atoms with E-state index in [1.54, 1.807) is 0 Å². The summed E-state index contributed by atoms with van der Waals surface area (Å²) in [6, 6.07) is 0. The fraction of sp³-hybridized carbons (Fsp3) is 0.737. The molecule has 0 saturated heterocycles. The number of hydrogen-bond donors (Lipinski definition) is 0. The van der Waals surface area contributed by atoms with Crippen LogP contribution in [-0.2, 0) is 28.6 Å². The summed E-state index contributed by atoms with van der Waals surface area (Å²) in [7, 11) is 0. The van der Waals surface area contributed by atoms with Gasteiger partial charge in [-0.3, -0.25) is 14.4 Å². The third kappa shape index (κ3) is 49.7. The van der Waals surface area contributed by atoms with Crippen molar-refractivity contribution in [3.63, 3.8) is 0 Å². The van der Waals surface area contributed by atoms with Crippen LogP contribution < -0.4 is 0 Å². The van der Waals surface area contributed by atoms with Crippen LogP contribution >= 0.6 is 0 Å². The van der Waals surface area contributed by atoms with Gasteiger partial charge in [-0.2, -0.15) is 0 Å². The predicted octanol–water partition coefficient (Wildman–Crippen LogP) is 17.4. The lowest BCUT2D eigenvalue weighted by molar-refractivity contribution is -0.167. The van der Waals surface area contributed by atoms with Gasteiger partial charge in [0.2, 0.25) is 0 Å². The molecule has 1 atom stereocenters. The molecule has 0 aliphatic carbocycles. The SMILES string of the molecule is CC/C=C\C/C=C\C/C=C\C/C=C\C/C=C\CCCC(=O)O[C@H](COC(=O)CCCCCCCCC/C=C\CCCCCC)COC(=O)CCCCCCCCCCCCCCC. The molecular formula is C57H98O6. The smallest absolute Gasteiger partial charge is 0.306 e. The van der Waals surface area contributed by atoms with Crippen LogP contribution in [0.15, 0.2) is 72.9 Å². The largest absolute Gasteiger partial charge is 0.462 e. The topological polar surface area (TPSA) is 78.9 Å². The van der Waals surface area contributed by atoms with Crippen LogP contribution in [0.2, 0.25) is 0 Å². The van der Waals surface area contributed by atoms with Gasteiger partial charge in [-0.05, 0) is 83.5 Å². The second-order valence-electron chi connectivity index (χ2n) is 17.4. The number of carbonyl (C=O) groups excluding carboxylic acids is 3. The van der Waals surface area contributed by atoms with Crippen LogP contribution in [0, 0.1) is 0 Å². The number of rotatable bonds is 47. The van der Waals surface area contributed by atoms with Crippen molar-refractivity contribution in [1.29, 1.82) is 0 Å². The first kappa shape index (κ1) is 59.9. The molecule has 0 fully saturated rings. The Balaban J connectivity index is 4.48. The molecule has 63 heavy (non-hydrogen) atoms. The first-order valence-corrected chi connectivity index (χ1v) is 26.4. The Morgan fingerprint density at radius 3 is 1.05 bits per heavy atom. The molecule has 0 radical (unpaired) electrons. The number of hydrogen-bond acceptors (Lipinski definition) is 6. The maximum absolute atomic E-state index is 12.8. The van der Waals surface area contributed by atoms with Gasteiger partial charge in [-0.15, -0.1) is 0 Å². The summed E-state index contributed by atoms with van der Waals surface area (Å²) in [5.41, 5.74) is 0. The zero-order chi connectivity index (χ0) is 45.8. The lowest BCUT2D eigenvalue weighted by atomic mass is 10.0. The molecule has 0 unspecified atom stereocenters. The van der Waals surface area contributed by atoms with Gasteiger partial charge in [0.15, 0.2) is 6.10 Å². The van der Waals surface area contributed by atoms with Crippen molar-refractivity contribution in [1.82, 2.24) is 0 Å². The normalized spacial score (nSPS) is 12.6. The lowest BCUT2D eigenvalue weighted by Crippen LogP contribution is -2.30. The van der Waals surface area contributed by atoms with E-state index in [1.807, 2.05) is 0 Å². The highest BCUT2D eigenvalue weighted by Crippen LogP contribution is 2.15. The van der Waals surface area contributed by atoms with E-state index < -0.39 is 6.10 Å². The Labute approximate surface area is 389 Å². The van der Waals surface area contributed by atoms with Crippen LogP contribution in [0.3, 0.4) is 0 Å². The van der Waals surface area contributed by atoms with Crippen LogP contribution in [0.25, 0.3) is 0 Å². The molecule has 6 nitrogen and oxygen atoms in total. The number of ether oxygens (including phenoxy) is 3. The van der Waals surface area contributed by atoms with E-state index in [0.29, 0.717) is 19.3 Å². The molecule has 0 rings (SSSR count). The first-order chi connectivity index (χ1) is 31.0. The lowest BCUT2D eigenvalue weighted by Gasteiger charge is -2.18. The van der Waals surface area contributed by atoms with Gasteiger partial charge in [0.1, 0.15) is 13.2 Å². The fourth-order valence-corrected chi connectivity index (χ4v) is 7.24. The average Bonchev–Trinajstić information content (AvgIpc) is 3.28. The maximum atomic E-state index is 12.8. The molecule has 0 saturated carbocycles. The summed E-state index contributed by atoms with van der Waals surface area (Å²) in [5.74, 6) is -0.957. The second-order valence-corrected chi connectivity index (χ2v) is 17.4. The van der Waals surface area contributed by atoms with Crippen molar-refractivity contribution >= 4 is 17.9 Å². The Morgan fingerprint density at radius 2 is 0.635 bits per heavy atom. The number of esters is 3. The molecule has 0 aromatic heterocycles. The third-order valence-corrected chi connectivity index (χ3v) is 11.2. The van der Waals surface area contributed by atoms with Crippen molar-refractivity contribution in [3.8, 4) is 0 Å². The van der Waals surface area contributed by atoms with Gasteiger partial charge in [0, 0.05) is 19.3 Å². The molecule has 6 heteroatoms. The highest BCUT2D eigenvalue weighted by Gasteiger charge is 2.19. The highest BCUT2D eigenvalue weighted by atomic mass is 16.6. The fourth-order valence-electron chi connectivity index (χ4n) is 7.24. The third-order valence-electron chi connectivity index (χ3n) is 11.2. The van der Waals surface area contributed by atoms with Gasteiger partial charge in [0.05, 0.1) is 0 Å². The van der Waals surface area contributed by atoms with Crippen molar-refractivity contribution in [3.05, 3.63) is 72.9 Å². The van der Waals surface area contributed by atoms with Crippen molar-refractivity contribution < 1.29 is 28.6 Å². The molecule has 0 aromatic rings. The molecule has 0 aliphatic heterocycles. The quantitative estimate of drug-likeness (QED) is 0.0262. The molecule has 0 aromatic carbocycles. The highest BCUT2D eigenvalue weighted by molar-refractivity contribution is 5.71. The van der Waals surface area contributed by atoms with E-state index in [2.05, 4.69) is 93.7 Å². The van der Waals surface area contributed by atoms with Gasteiger partial charge < -0.3 is 14.2 Å².